The summed E-state index contributed by atoms with van der Waals surface area (Å²) in [7, 11) is 0. The van der Waals surface area contributed by atoms with Gasteiger partial charge in [-0.1, -0.05) is 25.5 Å². The minimum Gasteiger partial charge on any atom is -0.481 e. The van der Waals surface area contributed by atoms with E-state index in [1.165, 1.54) is 32.1 Å². The molecule has 1 N–H and O–H groups in total. The number of hydrogen-bond acceptors (Lipinski definition) is 1. The molecule has 21 heavy (non-hydrogen) atoms. The highest BCUT2D eigenvalue weighted by atomic mass is 16.4. The third-order valence-electron chi connectivity index (χ3n) is 8.63. The van der Waals surface area contributed by atoms with E-state index < -0.39 is 5.97 Å². The largest absolute Gasteiger partial charge is 0.481 e. The van der Waals surface area contributed by atoms with Crippen LogP contribution in [0.3, 0.4) is 0 Å². The maximum absolute atomic E-state index is 11.6. The molecule has 0 aromatic carbocycles. The second-order valence-corrected chi connectivity index (χ2v) is 9.01. The molecule has 4 saturated carbocycles. The normalized spacial score (nSPS) is 59.9. The lowest BCUT2D eigenvalue weighted by atomic mass is 9.53. The van der Waals surface area contributed by atoms with Gasteiger partial charge < -0.3 is 5.11 Å². The second kappa shape index (κ2) is 3.75. The summed E-state index contributed by atoms with van der Waals surface area (Å²) in [6.07, 6.45) is 14.0. The Hall–Kier alpha value is -0.790. The first kappa shape index (κ1) is 12.7. The van der Waals surface area contributed by atoms with E-state index in [4.69, 9.17) is 0 Å². The summed E-state index contributed by atoms with van der Waals surface area (Å²) in [5, 5.41) is 9.52. The summed E-state index contributed by atoms with van der Waals surface area (Å²) < 4.78 is 0. The Morgan fingerprint density at radius 3 is 2.76 bits per heavy atom. The third-order valence-corrected chi connectivity index (χ3v) is 8.63. The highest BCUT2D eigenvalue weighted by Gasteiger charge is 2.68. The molecule has 8 unspecified atom stereocenters. The molecule has 5 rings (SSSR count). The Bertz CT molecular complexity index is 538. The van der Waals surface area contributed by atoms with E-state index in [2.05, 4.69) is 19.1 Å². The maximum atomic E-state index is 11.6. The topological polar surface area (TPSA) is 37.3 Å². The van der Waals surface area contributed by atoms with Crippen molar-refractivity contribution in [3.8, 4) is 0 Å². The van der Waals surface area contributed by atoms with Crippen LogP contribution < -0.4 is 0 Å². The van der Waals surface area contributed by atoms with Gasteiger partial charge in [0.1, 0.15) is 0 Å². The van der Waals surface area contributed by atoms with Crippen LogP contribution in [-0.2, 0) is 4.79 Å². The summed E-state index contributed by atoms with van der Waals surface area (Å²) in [6.45, 7) is 2.53. The van der Waals surface area contributed by atoms with Crippen molar-refractivity contribution in [2.45, 2.75) is 51.9 Å². The quantitative estimate of drug-likeness (QED) is 0.775. The standard InChI is InChI=1S/C19H26O2/c1-18(8-12-7-16(18)14-4-2-3-13(12)14)19-6-5-11(9-19)15(10-19)17(20)21/h5-6,11-16H,2-4,7-10H2,1H3,(H,20,21). The molecule has 0 spiro atoms. The highest BCUT2D eigenvalue weighted by molar-refractivity contribution is 5.72. The second-order valence-electron chi connectivity index (χ2n) is 9.01. The molecule has 5 aliphatic rings. The lowest BCUT2D eigenvalue weighted by Crippen LogP contribution is -2.45. The van der Waals surface area contributed by atoms with Crippen molar-refractivity contribution in [3.63, 3.8) is 0 Å². The van der Waals surface area contributed by atoms with E-state index in [-0.39, 0.29) is 11.3 Å². The van der Waals surface area contributed by atoms with Crippen LogP contribution >= 0.6 is 0 Å². The number of fused-ring (bicyclic) bond motifs is 7. The van der Waals surface area contributed by atoms with Crippen molar-refractivity contribution in [2.75, 3.05) is 0 Å². The summed E-state index contributed by atoms with van der Waals surface area (Å²) in [4.78, 5) is 11.6. The smallest absolute Gasteiger partial charge is 0.307 e. The fourth-order valence-electron chi connectivity index (χ4n) is 7.78. The Labute approximate surface area is 127 Å². The molecule has 0 saturated heterocycles. The molecule has 2 nitrogen and oxygen atoms in total. The first-order valence-electron chi connectivity index (χ1n) is 8.96. The van der Waals surface area contributed by atoms with Gasteiger partial charge in [0.15, 0.2) is 0 Å². The summed E-state index contributed by atoms with van der Waals surface area (Å²) in [5.41, 5.74) is 0.603. The number of hydrogen-bond donors (Lipinski definition) is 1. The average molecular weight is 286 g/mol. The molecule has 5 aliphatic carbocycles. The molecule has 4 bridgehead atoms. The van der Waals surface area contributed by atoms with Crippen LogP contribution in [0.15, 0.2) is 12.2 Å². The Kier molecular flexibility index (Phi) is 2.27. The van der Waals surface area contributed by atoms with E-state index in [9.17, 15) is 9.90 Å². The van der Waals surface area contributed by atoms with Crippen molar-refractivity contribution in [2.24, 2.45) is 46.3 Å². The number of aliphatic carboxylic acids is 1. The van der Waals surface area contributed by atoms with Crippen molar-refractivity contribution in [1.29, 1.82) is 0 Å². The van der Waals surface area contributed by atoms with Crippen LogP contribution in [0, 0.1) is 46.3 Å². The fraction of sp³-hybridized carbons (Fsp3) is 0.842. The van der Waals surface area contributed by atoms with Gasteiger partial charge >= 0.3 is 5.97 Å². The van der Waals surface area contributed by atoms with Gasteiger partial charge in [-0.15, -0.1) is 0 Å². The molecule has 8 atom stereocenters. The zero-order valence-corrected chi connectivity index (χ0v) is 12.9. The van der Waals surface area contributed by atoms with Crippen LogP contribution in [-0.4, -0.2) is 11.1 Å². The number of carbonyl (C=O) groups is 1. The molecule has 0 aliphatic heterocycles. The molecule has 114 valence electrons. The van der Waals surface area contributed by atoms with E-state index in [1.807, 2.05) is 0 Å². The van der Waals surface area contributed by atoms with Crippen molar-refractivity contribution in [1.82, 2.24) is 0 Å². The summed E-state index contributed by atoms with van der Waals surface area (Å²) in [5.74, 6) is 3.49. The van der Waals surface area contributed by atoms with Gasteiger partial charge in [0, 0.05) is 0 Å². The highest BCUT2D eigenvalue weighted by Crippen LogP contribution is 2.75. The number of carboxylic acids is 1. The molecular weight excluding hydrogens is 260 g/mol. The molecule has 2 heteroatoms. The van der Waals surface area contributed by atoms with Gasteiger partial charge in [-0.2, -0.15) is 0 Å². The number of rotatable bonds is 2. The van der Waals surface area contributed by atoms with Gasteiger partial charge in [0.25, 0.3) is 0 Å². The predicted molar refractivity (Wildman–Crippen MR) is 80.6 cm³/mol. The van der Waals surface area contributed by atoms with Crippen LogP contribution in [0.2, 0.25) is 0 Å². The van der Waals surface area contributed by atoms with E-state index >= 15 is 0 Å². The molecular formula is C19H26O2. The average Bonchev–Trinajstić information content (AvgIpc) is 3.21. The SMILES string of the molecule is CC1(C23C=CC(C2)C(C(=O)O)C3)CC2CC1C1CCCC21. The van der Waals surface area contributed by atoms with Gasteiger partial charge in [0.2, 0.25) is 0 Å². The predicted octanol–water partition coefficient (Wildman–Crippen LogP) is 4.12. The lowest BCUT2D eigenvalue weighted by molar-refractivity contribution is -0.143. The van der Waals surface area contributed by atoms with E-state index in [0.717, 1.165) is 36.5 Å². The van der Waals surface area contributed by atoms with Crippen molar-refractivity contribution < 1.29 is 9.90 Å². The lowest BCUT2D eigenvalue weighted by Gasteiger charge is -2.51. The Balaban J connectivity index is 1.51. The molecule has 0 aromatic heterocycles. The minimum atomic E-state index is -0.559. The van der Waals surface area contributed by atoms with Gasteiger partial charge in [0.05, 0.1) is 5.92 Å². The van der Waals surface area contributed by atoms with Gasteiger partial charge in [-0.25, -0.2) is 0 Å². The monoisotopic (exact) mass is 286 g/mol. The van der Waals surface area contributed by atoms with Crippen LogP contribution in [0.1, 0.15) is 51.9 Å². The van der Waals surface area contributed by atoms with Gasteiger partial charge in [-0.05, 0) is 78.9 Å². The Morgan fingerprint density at radius 2 is 2.00 bits per heavy atom. The number of allylic oxidation sites excluding steroid dienone is 2. The zero-order valence-electron chi connectivity index (χ0n) is 12.9. The first-order valence-corrected chi connectivity index (χ1v) is 8.96. The third kappa shape index (κ3) is 1.34. The van der Waals surface area contributed by atoms with Crippen LogP contribution in [0.5, 0.6) is 0 Å². The van der Waals surface area contributed by atoms with Crippen LogP contribution in [0.4, 0.5) is 0 Å². The van der Waals surface area contributed by atoms with Crippen molar-refractivity contribution >= 4 is 5.97 Å². The zero-order chi connectivity index (χ0) is 14.4. The minimum absolute atomic E-state index is 0.106. The molecule has 0 amide bonds. The number of carboxylic acid groups (broad SMARTS) is 1. The summed E-state index contributed by atoms with van der Waals surface area (Å²) in [6, 6.07) is 0. The molecule has 0 radical (unpaired) electrons. The van der Waals surface area contributed by atoms with E-state index in [1.54, 1.807) is 0 Å². The van der Waals surface area contributed by atoms with Crippen LogP contribution in [0.25, 0.3) is 0 Å². The Morgan fingerprint density at radius 1 is 1.19 bits per heavy atom. The van der Waals surface area contributed by atoms with E-state index in [0.29, 0.717) is 11.3 Å². The van der Waals surface area contributed by atoms with Gasteiger partial charge in [-0.3, -0.25) is 4.79 Å². The first-order chi connectivity index (χ1) is 10.0. The molecule has 0 heterocycles. The molecule has 0 aromatic rings. The fourth-order valence-corrected chi connectivity index (χ4v) is 7.78. The summed E-state index contributed by atoms with van der Waals surface area (Å²) >= 11 is 0. The molecule has 4 fully saturated rings. The maximum Gasteiger partial charge on any atom is 0.307 e. The van der Waals surface area contributed by atoms with Crippen molar-refractivity contribution in [3.05, 3.63) is 12.2 Å².